The lowest BCUT2D eigenvalue weighted by molar-refractivity contribution is -0.114. The molecule has 3 aromatic rings. The number of para-hydroxylation sites is 1. The highest BCUT2D eigenvalue weighted by Gasteiger charge is 2.28. The van der Waals surface area contributed by atoms with Crippen LogP contribution < -0.4 is 19.7 Å². The monoisotopic (exact) mass is 509 g/mol. The van der Waals surface area contributed by atoms with Crippen LogP contribution in [0.2, 0.25) is 0 Å². The van der Waals surface area contributed by atoms with Crippen LogP contribution in [0, 0.1) is 6.92 Å². The Morgan fingerprint density at radius 3 is 2.36 bits per heavy atom. The van der Waals surface area contributed by atoms with E-state index in [1.165, 1.54) is 19.2 Å². The molecular weight excluding hydrogens is 478 g/mol. The standard InChI is InChI=1S/C27H31N3O5S/c1-5-20(3)28-27(32)24-11-6-7-12-25(24)29-26(31)18-30(21-9-8-10-22(17-21)35-4)36(33,34)23-15-13-19(2)14-16-23/h6-17,20H,5,18H2,1-4H3,(H,28,32)(H,29,31)/t20-/m0/s1. The maximum absolute atomic E-state index is 13.6. The van der Waals surface area contributed by atoms with Gasteiger partial charge >= 0.3 is 0 Å². The van der Waals surface area contributed by atoms with Crippen LogP contribution in [0.4, 0.5) is 11.4 Å². The van der Waals surface area contributed by atoms with Crippen LogP contribution in [0.1, 0.15) is 36.2 Å². The summed E-state index contributed by atoms with van der Waals surface area (Å²) in [5, 5.41) is 5.59. The predicted octanol–water partition coefficient (Wildman–Crippen LogP) is 4.37. The fourth-order valence-corrected chi connectivity index (χ4v) is 4.84. The number of methoxy groups -OCH3 is 1. The van der Waals surface area contributed by atoms with Crippen LogP contribution in [0.3, 0.4) is 0 Å². The van der Waals surface area contributed by atoms with Crippen LogP contribution in [0.15, 0.2) is 77.7 Å². The number of rotatable bonds is 10. The molecule has 0 spiro atoms. The van der Waals surface area contributed by atoms with E-state index in [0.29, 0.717) is 17.0 Å². The molecule has 0 heterocycles. The van der Waals surface area contributed by atoms with Gasteiger partial charge in [-0.25, -0.2) is 8.42 Å². The van der Waals surface area contributed by atoms with E-state index in [4.69, 9.17) is 4.74 Å². The summed E-state index contributed by atoms with van der Waals surface area (Å²) >= 11 is 0. The molecular formula is C27H31N3O5S. The van der Waals surface area contributed by atoms with Crippen LogP contribution in [-0.4, -0.2) is 39.9 Å². The van der Waals surface area contributed by atoms with Crippen molar-refractivity contribution in [3.8, 4) is 5.75 Å². The third-order valence-electron chi connectivity index (χ3n) is 5.67. The van der Waals surface area contributed by atoms with Crippen molar-refractivity contribution in [2.75, 3.05) is 23.3 Å². The van der Waals surface area contributed by atoms with Gasteiger partial charge in [0.1, 0.15) is 12.3 Å². The van der Waals surface area contributed by atoms with Crippen molar-refractivity contribution in [1.29, 1.82) is 0 Å². The lowest BCUT2D eigenvalue weighted by atomic mass is 10.1. The second-order valence-electron chi connectivity index (χ2n) is 8.40. The molecule has 3 rings (SSSR count). The first-order valence-corrected chi connectivity index (χ1v) is 13.0. The second-order valence-corrected chi connectivity index (χ2v) is 10.3. The molecule has 2 N–H and O–H groups in total. The number of hydrogen-bond donors (Lipinski definition) is 2. The van der Waals surface area contributed by atoms with E-state index < -0.39 is 22.5 Å². The number of sulfonamides is 1. The molecule has 8 nitrogen and oxygen atoms in total. The summed E-state index contributed by atoms with van der Waals surface area (Å²) in [7, 11) is -2.61. The molecule has 0 aliphatic rings. The minimum atomic E-state index is -4.09. The first-order valence-electron chi connectivity index (χ1n) is 11.6. The van der Waals surface area contributed by atoms with Crippen LogP contribution in [-0.2, 0) is 14.8 Å². The van der Waals surface area contributed by atoms with Crippen molar-refractivity contribution in [3.05, 3.63) is 83.9 Å². The highest BCUT2D eigenvalue weighted by atomic mass is 32.2. The number of carbonyl (C=O) groups excluding carboxylic acids is 2. The Balaban J connectivity index is 1.93. The largest absolute Gasteiger partial charge is 0.497 e. The zero-order valence-electron chi connectivity index (χ0n) is 20.8. The molecule has 9 heteroatoms. The highest BCUT2D eigenvalue weighted by Crippen LogP contribution is 2.27. The molecule has 1 atom stereocenters. The third kappa shape index (κ3) is 6.42. The fourth-order valence-electron chi connectivity index (χ4n) is 3.43. The van der Waals surface area contributed by atoms with Crippen molar-refractivity contribution < 1.29 is 22.7 Å². The topological polar surface area (TPSA) is 105 Å². The summed E-state index contributed by atoms with van der Waals surface area (Å²) in [6, 6.07) is 19.4. The van der Waals surface area contributed by atoms with Crippen molar-refractivity contribution >= 4 is 33.2 Å². The van der Waals surface area contributed by atoms with Crippen molar-refractivity contribution in [2.45, 2.75) is 38.1 Å². The molecule has 0 bridgehead atoms. The van der Waals surface area contributed by atoms with Gasteiger partial charge in [0.25, 0.3) is 15.9 Å². The van der Waals surface area contributed by atoms with Gasteiger partial charge in [0.15, 0.2) is 0 Å². The highest BCUT2D eigenvalue weighted by molar-refractivity contribution is 7.92. The van der Waals surface area contributed by atoms with Crippen LogP contribution in [0.5, 0.6) is 5.75 Å². The first-order chi connectivity index (χ1) is 17.1. The lowest BCUT2D eigenvalue weighted by Gasteiger charge is -2.25. The van der Waals surface area contributed by atoms with E-state index in [-0.39, 0.29) is 22.5 Å². The number of nitrogens with zero attached hydrogens (tertiary/aromatic N) is 1. The van der Waals surface area contributed by atoms with Gasteiger partial charge in [-0.2, -0.15) is 0 Å². The molecule has 0 saturated heterocycles. The van der Waals surface area contributed by atoms with E-state index in [0.717, 1.165) is 16.3 Å². The minimum absolute atomic E-state index is 0.0375. The van der Waals surface area contributed by atoms with E-state index in [9.17, 15) is 18.0 Å². The van der Waals surface area contributed by atoms with E-state index in [1.54, 1.807) is 60.7 Å². The molecule has 0 aromatic heterocycles. The van der Waals surface area contributed by atoms with E-state index in [2.05, 4.69) is 10.6 Å². The minimum Gasteiger partial charge on any atom is -0.497 e. The van der Waals surface area contributed by atoms with Crippen molar-refractivity contribution in [2.24, 2.45) is 0 Å². The first kappa shape index (κ1) is 26.7. The van der Waals surface area contributed by atoms with Crippen LogP contribution in [0.25, 0.3) is 0 Å². The van der Waals surface area contributed by atoms with Gasteiger partial charge in [-0.1, -0.05) is 42.8 Å². The number of aryl methyl sites for hydroxylation is 1. The maximum atomic E-state index is 13.6. The van der Waals surface area contributed by atoms with Crippen molar-refractivity contribution in [1.82, 2.24) is 5.32 Å². The Morgan fingerprint density at radius 2 is 1.69 bits per heavy atom. The Bertz CT molecular complexity index is 1320. The number of nitrogens with one attached hydrogen (secondary N) is 2. The third-order valence-corrected chi connectivity index (χ3v) is 7.46. The average molecular weight is 510 g/mol. The molecule has 2 amide bonds. The molecule has 0 radical (unpaired) electrons. The number of benzene rings is 3. The Hall–Kier alpha value is -3.85. The zero-order valence-corrected chi connectivity index (χ0v) is 21.6. The van der Waals surface area contributed by atoms with Gasteiger partial charge < -0.3 is 15.4 Å². The zero-order chi connectivity index (χ0) is 26.3. The molecule has 36 heavy (non-hydrogen) atoms. The second kappa shape index (κ2) is 11.7. The number of anilines is 2. The van der Waals surface area contributed by atoms with E-state index >= 15 is 0 Å². The summed E-state index contributed by atoms with van der Waals surface area (Å²) < 4.78 is 33.5. The predicted molar refractivity (Wildman–Crippen MR) is 141 cm³/mol. The Labute approximate surface area is 212 Å². The molecule has 190 valence electrons. The molecule has 0 aliphatic carbocycles. The Morgan fingerprint density at radius 1 is 1.00 bits per heavy atom. The summed E-state index contributed by atoms with van der Waals surface area (Å²) in [6.07, 6.45) is 0.757. The van der Waals surface area contributed by atoms with Gasteiger partial charge in [0.05, 0.1) is 28.9 Å². The van der Waals surface area contributed by atoms with Gasteiger partial charge in [-0.05, 0) is 56.7 Å². The van der Waals surface area contributed by atoms with Gasteiger partial charge in [-0.3, -0.25) is 13.9 Å². The molecule has 0 aliphatic heterocycles. The summed E-state index contributed by atoms with van der Waals surface area (Å²) in [6.45, 7) is 5.20. The molecule has 0 saturated carbocycles. The van der Waals surface area contributed by atoms with E-state index in [1.807, 2.05) is 20.8 Å². The maximum Gasteiger partial charge on any atom is 0.264 e. The van der Waals surface area contributed by atoms with Gasteiger partial charge in [0.2, 0.25) is 5.91 Å². The molecule has 0 unspecified atom stereocenters. The number of amides is 2. The van der Waals surface area contributed by atoms with Gasteiger partial charge in [0, 0.05) is 12.1 Å². The van der Waals surface area contributed by atoms with Crippen LogP contribution >= 0.6 is 0 Å². The average Bonchev–Trinajstić information content (AvgIpc) is 2.87. The number of ether oxygens (including phenoxy) is 1. The Kier molecular flexibility index (Phi) is 8.71. The van der Waals surface area contributed by atoms with Gasteiger partial charge in [-0.15, -0.1) is 0 Å². The number of carbonyl (C=O) groups is 2. The summed E-state index contributed by atoms with van der Waals surface area (Å²) in [5.74, 6) is -0.474. The number of hydrogen-bond acceptors (Lipinski definition) is 5. The fraction of sp³-hybridized carbons (Fsp3) is 0.259. The summed E-state index contributed by atoms with van der Waals surface area (Å²) in [5.41, 5.74) is 1.77. The lowest BCUT2D eigenvalue weighted by Crippen LogP contribution is -2.38. The van der Waals surface area contributed by atoms with Crippen molar-refractivity contribution in [3.63, 3.8) is 0 Å². The smallest absolute Gasteiger partial charge is 0.264 e. The summed E-state index contributed by atoms with van der Waals surface area (Å²) in [4.78, 5) is 25.9. The normalized spacial score (nSPS) is 11.9. The quantitative estimate of drug-likeness (QED) is 0.422. The SMILES string of the molecule is CC[C@H](C)NC(=O)c1ccccc1NC(=O)CN(c1cccc(OC)c1)S(=O)(=O)c1ccc(C)cc1. The molecule has 3 aromatic carbocycles. The molecule has 0 fully saturated rings.